The van der Waals surface area contributed by atoms with Crippen LogP contribution in [-0.4, -0.2) is 14.7 Å². The lowest BCUT2D eigenvalue weighted by Crippen LogP contribution is -1.97. The molecule has 3 heteroatoms. The summed E-state index contributed by atoms with van der Waals surface area (Å²) in [5.74, 6) is 0. The van der Waals surface area contributed by atoms with E-state index in [4.69, 9.17) is 5.11 Å². The van der Waals surface area contributed by atoms with Gasteiger partial charge in [-0.3, -0.25) is 4.98 Å². The lowest BCUT2D eigenvalue weighted by atomic mass is 10.1. The van der Waals surface area contributed by atoms with Crippen LogP contribution in [0.15, 0.2) is 55.0 Å². The van der Waals surface area contributed by atoms with E-state index in [1.165, 1.54) is 11.1 Å². The number of aromatic nitrogens is 2. The van der Waals surface area contributed by atoms with Gasteiger partial charge in [0.25, 0.3) is 0 Å². The van der Waals surface area contributed by atoms with Crippen molar-refractivity contribution in [2.24, 2.45) is 0 Å². The normalized spacial score (nSPS) is 10.9. The van der Waals surface area contributed by atoms with E-state index in [0.717, 1.165) is 17.5 Å². The second-order valence-electron chi connectivity index (χ2n) is 4.35. The average molecular weight is 238 g/mol. The molecule has 2 aromatic heterocycles. The van der Waals surface area contributed by atoms with Crippen LogP contribution in [0.5, 0.6) is 0 Å². The number of benzene rings is 1. The first-order valence-electron chi connectivity index (χ1n) is 5.94. The maximum absolute atomic E-state index is 9.13. The van der Waals surface area contributed by atoms with Gasteiger partial charge in [-0.15, -0.1) is 0 Å². The van der Waals surface area contributed by atoms with Crippen LogP contribution in [0.1, 0.15) is 11.1 Å². The van der Waals surface area contributed by atoms with Crippen LogP contribution < -0.4 is 0 Å². The van der Waals surface area contributed by atoms with Crippen LogP contribution in [0, 0.1) is 0 Å². The monoisotopic (exact) mass is 238 g/mol. The number of hydrogen-bond donors (Lipinski definition) is 1. The molecule has 1 aromatic carbocycles. The lowest BCUT2D eigenvalue weighted by Gasteiger charge is -2.05. The van der Waals surface area contributed by atoms with Crippen molar-refractivity contribution in [1.29, 1.82) is 0 Å². The van der Waals surface area contributed by atoms with Crippen LogP contribution in [0.2, 0.25) is 0 Å². The maximum Gasteiger partial charge on any atom is 0.0682 e. The van der Waals surface area contributed by atoms with Crippen LogP contribution >= 0.6 is 0 Å². The van der Waals surface area contributed by atoms with Crippen molar-refractivity contribution in [3.8, 4) is 0 Å². The Balaban J connectivity index is 1.98. The molecule has 3 nitrogen and oxygen atoms in total. The van der Waals surface area contributed by atoms with E-state index in [0.29, 0.717) is 0 Å². The van der Waals surface area contributed by atoms with E-state index in [2.05, 4.69) is 27.9 Å². The Morgan fingerprint density at radius 3 is 2.61 bits per heavy atom. The molecular weight excluding hydrogens is 224 g/mol. The number of aliphatic hydroxyl groups is 1. The fraction of sp³-hybridized carbons (Fsp3) is 0.133. The van der Waals surface area contributed by atoms with Gasteiger partial charge in [-0.2, -0.15) is 0 Å². The Morgan fingerprint density at radius 1 is 1.00 bits per heavy atom. The van der Waals surface area contributed by atoms with Crippen molar-refractivity contribution < 1.29 is 5.11 Å². The number of rotatable bonds is 3. The second-order valence-corrected chi connectivity index (χ2v) is 4.35. The van der Waals surface area contributed by atoms with Crippen LogP contribution in [0.25, 0.3) is 10.9 Å². The van der Waals surface area contributed by atoms with E-state index in [1.54, 1.807) is 0 Å². The highest BCUT2D eigenvalue weighted by Crippen LogP contribution is 2.19. The standard InChI is InChI=1S/C15H14N2O/c18-11-13-1-2-15-14(9-13)5-8-17(15)10-12-3-6-16-7-4-12/h1-9,18H,10-11H2. The molecule has 0 spiro atoms. The van der Waals surface area contributed by atoms with Gasteiger partial charge < -0.3 is 9.67 Å². The predicted octanol–water partition coefficient (Wildman–Crippen LogP) is 2.58. The third-order valence-corrected chi connectivity index (χ3v) is 3.12. The van der Waals surface area contributed by atoms with E-state index in [9.17, 15) is 0 Å². The SMILES string of the molecule is OCc1ccc2c(ccn2Cc2ccncc2)c1. The molecule has 3 aromatic rings. The van der Waals surface area contributed by atoms with Crippen LogP contribution in [0.3, 0.4) is 0 Å². The van der Waals surface area contributed by atoms with E-state index >= 15 is 0 Å². The zero-order valence-corrected chi connectivity index (χ0v) is 9.95. The number of pyridine rings is 1. The van der Waals surface area contributed by atoms with Gasteiger partial charge in [0.1, 0.15) is 0 Å². The zero-order chi connectivity index (χ0) is 12.4. The first-order valence-corrected chi connectivity index (χ1v) is 5.94. The van der Waals surface area contributed by atoms with Crippen molar-refractivity contribution in [2.45, 2.75) is 13.2 Å². The second kappa shape index (κ2) is 4.63. The summed E-state index contributed by atoms with van der Waals surface area (Å²) in [6.07, 6.45) is 5.70. The molecule has 0 unspecified atom stereocenters. The molecule has 18 heavy (non-hydrogen) atoms. The highest BCUT2D eigenvalue weighted by Gasteiger charge is 2.02. The smallest absolute Gasteiger partial charge is 0.0682 e. The zero-order valence-electron chi connectivity index (χ0n) is 9.95. The minimum atomic E-state index is 0.0888. The molecule has 0 atom stereocenters. The fourth-order valence-corrected chi connectivity index (χ4v) is 2.17. The molecule has 3 rings (SSSR count). The minimum Gasteiger partial charge on any atom is -0.392 e. The van der Waals surface area contributed by atoms with Gasteiger partial charge in [0.15, 0.2) is 0 Å². The molecular formula is C15H14N2O. The number of aliphatic hydroxyl groups excluding tert-OH is 1. The molecule has 90 valence electrons. The third-order valence-electron chi connectivity index (χ3n) is 3.12. The Bertz CT molecular complexity index is 659. The molecule has 0 saturated heterocycles. The van der Waals surface area contributed by atoms with Crippen molar-refractivity contribution in [3.05, 3.63) is 66.1 Å². The van der Waals surface area contributed by atoms with Crippen molar-refractivity contribution in [3.63, 3.8) is 0 Å². The van der Waals surface area contributed by atoms with Gasteiger partial charge in [-0.1, -0.05) is 6.07 Å². The lowest BCUT2D eigenvalue weighted by molar-refractivity contribution is 0.282. The summed E-state index contributed by atoms with van der Waals surface area (Å²) in [5, 5.41) is 10.3. The Kier molecular flexibility index (Phi) is 2.82. The van der Waals surface area contributed by atoms with Crippen molar-refractivity contribution in [1.82, 2.24) is 9.55 Å². The van der Waals surface area contributed by atoms with Gasteiger partial charge >= 0.3 is 0 Å². The minimum absolute atomic E-state index is 0.0888. The molecule has 2 heterocycles. The summed E-state index contributed by atoms with van der Waals surface area (Å²) in [4.78, 5) is 4.02. The van der Waals surface area contributed by atoms with Crippen molar-refractivity contribution in [2.75, 3.05) is 0 Å². The van der Waals surface area contributed by atoms with E-state index in [1.807, 2.05) is 36.7 Å². The van der Waals surface area contributed by atoms with Gasteiger partial charge in [0.05, 0.1) is 6.61 Å². The van der Waals surface area contributed by atoms with Gasteiger partial charge in [0.2, 0.25) is 0 Å². The summed E-state index contributed by atoms with van der Waals surface area (Å²) in [5.41, 5.74) is 3.36. The summed E-state index contributed by atoms with van der Waals surface area (Å²) in [6.45, 7) is 0.927. The number of fused-ring (bicyclic) bond motifs is 1. The predicted molar refractivity (Wildman–Crippen MR) is 71.2 cm³/mol. The number of nitrogens with zero attached hydrogens (tertiary/aromatic N) is 2. The molecule has 0 aliphatic rings. The number of hydrogen-bond acceptors (Lipinski definition) is 2. The highest BCUT2D eigenvalue weighted by atomic mass is 16.3. The molecule has 0 aliphatic heterocycles. The third kappa shape index (κ3) is 2.00. The van der Waals surface area contributed by atoms with Gasteiger partial charge in [-0.05, 0) is 46.8 Å². The Labute approximate surface area is 105 Å². The maximum atomic E-state index is 9.13. The average Bonchev–Trinajstić information content (AvgIpc) is 2.82. The van der Waals surface area contributed by atoms with Gasteiger partial charge in [-0.25, -0.2) is 0 Å². The fourth-order valence-electron chi connectivity index (χ4n) is 2.17. The molecule has 0 bridgehead atoms. The Morgan fingerprint density at radius 2 is 1.83 bits per heavy atom. The summed E-state index contributed by atoms with van der Waals surface area (Å²) in [6, 6.07) is 12.2. The molecule has 0 aliphatic carbocycles. The molecule has 0 fully saturated rings. The van der Waals surface area contributed by atoms with Crippen LogP contribution in [-0.2, 0) is 13.2 Å². The largest absolute Gasteiger partial charge is 0.392 e. The van der Waals surface area contributed by atoms with E-state index < -0.39 is 0 Å². The molecule has 0 radical (unpaired) electrons. The molecule has 0 amide bonds. The first-order chi connectivity index (χ1) is 8.86. The van der Waals surface area contributed by atoms with Crippen molar-refractivity contribution >= 4 is 10.9 Å². The van der Waals surface area contributed by atoms with E-state index in [-0.39, 0.29) is 6.61 Å². The Hall–Kier alpha value is -2.13. The molecule has 1 N–H and O–H groups in total. The topological polar surface area (TPSA) is 38.0 Å². The quantitative estimate of drug-likeness (QED) is 0.761. The first kappa shape index (κ1) is 11.0. The molecule has 0 saturated carbocycles. The van der Waals surface area contributed by atoms with Gasteiger partial charge in [0, 0.05) is 30.7 Å². The highest BCUT2D eigenvalue weighted by molar-refractivity contribution is 5.80. The summed E-state index contributed by atoms with van der Waals surface area (Å²) < 4.78 is 2.20. The van der Waals surface area contributed by atoms with Crippen LogP contribution in [0.4, 0.5) is 0 Å². The summed E-state index contributed by atoms with van der Waals surface area (Å²) >= 11 is 0. The summed E-state index contributed by atoms with van der Waals surface area (Å²) in [7, 11) is 0.